The van der Waals surface area contributed by atoms with Crippen LogP contribution in [0.25, 0.3) is 10.7 Å². The summed E-state index contributed by atoms with van der Waals surface area (Å²) in [6.07, 6.45) is 1.48. The van der Waals surface area contributed by atoms with E-state index in [1.807, 2.05) is 26.8 Å². The predicted octanol–water partition coefficient (Wildman–Crippen LogP) is 2.65. The Bertz CT molecular complexity index is 826. The highest BCUT2D eigenvalue weighted by atomic mass is 32.1. The zero-order chi connectivity index (χ0) is 20.8. The molecule has 1 aliphatic rings. The van der Waals surface area contributed by atoms with Gasteiger partial charge in [0.1, 0.15) is 16.4 Å². The number of piperidine rings is 1. The van der Waals surface area contributed by atoms with Gasteiger partial charge in [-0.1, -0.05) is 5.16 Å². The van der Waals surface area contributed by atoms with E-state index in [1.165, 1.54) is 11.3 Å². The minimum absolute atomic E-state index is 0.0570. The average Bonchev–Trinajstić information content (AvgIpc) is 3.36. The van der Waals surface area contributed by atoms with Crippen LogP contribution in [0.5, 0.6) is 0 Å². The Morgan fingerprint density at radius 3 is 2.83 bits per heavy atom. The number of aromatic nitrogens is 2. The van der Waals surface area contributed by atoms with Gasteiger partial charge in [0.25, 0.3) is 5.91 Å². The SMILES string of the molecule is CCOC(=O)N1CCC(NCc2cc(-c3nc(C(=O)NC(C)C)cs3)no2)CC1. The summed E-state index contributed by atoms with van der Waals surface area (Å²) >= 11 is 1.36. The summed E-state index contributed by atoms with van der Waals surface area (Å²) in [6, 6.07) is 2.20. The number of ether oxygens (including phenoxy) is 1. The Labute approximate surface area is 173 Å². The third kappa shape index (κ3) is 5.77. The quantitative estimate of drug-likeness (QED) is 0.707. The van der Waals surface area contributed by atoms with Crippen molar-refractivity contribution in [2.45, 2.75) is 52.2 Å². The number of amides is 2. The standard InChI is InChI=1S/C19H27N5O4S/c1-4-27-19(26)24-7-5-13(6-8-24)20-10-14-9-15(23-28-14)18-22-16(11-29-18)17(25)21-12(2)3/h9,11-13,20H,4-8,10H2,1-3H3,(H,21,25). The molecular weight excluding hydrogens is 394 g/mol. The molecule has 2 amide bonds. The van der Waals surface area contributed by atoms with Crippen LogP contribution in [-0.4, -0.2) is 58.8 Å². The summed E-state index contributed by atoms with van der Waals surface area (Å²) in [5.41, 5.74) is 1.00. The van der Waals surface area contributed by atoms with Gasteiger partial charge in [0.15, 0.2) is 5.76 Å². The molecule has 0 radical (unpaired) electrons. The molecule has 2 aromatic heterocycles. The molecule has 1 saturated heterocycles. The molecule has 0 aliphatic carbocycles. The summed E-state index contributed by atoms with van der Waals surface area (Å²) in [7, 11) is 0. The van der Waals surface area contributed by atoms with E-state index in [0.29, 0.717) is 54.4 Å². The monoisotopic (exact) mass is 421 g/mol. The summed E-state index contributed by atoms with van der Waals surface area (Å²) in [4.78, 5) is 29.9. The molecule has 10 heteroatoms. The van der Waals surface area contributed by atoms with Crippen LogP contribution in [0.1, 0.15) is 49.9 Å². The lowest BCUT2D eigenvalue weighted by molar-refractivity contribution is 0.0934. The third-order valence-electron chi connectivity index (χ3n) is 4.52. The molecule has 1 fully saturated rings. The van der Waals surface area contributed by atoms with E-state index in [0.717, 1.165) is 12.8 Å². The molecule has 0 aromatic carbocycles. The van der Waals surface area contributed by atoms with Gasteiger partial charge in [0.2, 0.25) is 0 Å². The van der Waals surface area contributed by atoms with Crippen molar-refractivity contribution in [2.24, 2.45) is 0 Å². The van der Waals surface area contributed by atoms with Crippen molar-refractivity contribution < 1.29 is 18.8 Å². The zero-order valence-corrected chi connectivity index (χ0v) is 17.8. The highest BCUT2D eigenvalue weighted by molar-refractivity contribution is 7.13. The van der Waals surface area contributed by atoms with E-state index in [4.69, 9.17) is 9.26 Å². The van der Waals surface area contributed by atoms with Gasteiger partial charge in [0.05, 0.1) is 13.2 Å². The predicted molar refractivity (Wildman–Crippen MR) is 109 cm³/mol. The van der Waals surface area contributed by atoms with Crippen molar-refractivity contribution in [1.82, 2.24) is 25.7 Å². The van der Waals surface area contributed by atoms with Gasteiger partial charge in [-0.25, -0.2) is 9.78 Å². The molecule has 3 rings (SSSR count). The molecule has 0 saturated carbocycles. The average molecular weight is 422 g/mol. The van der Waals surface area contributed by atoms with Gasteiger partial charge in [-0.2, -0.15) is 0 Å². The fourth-order valence-corrected chi connectivity index (χ4v) is 3.81. The molecular formula is C19H27N5O4S. The maximum absolute atomic E-state index is 12.0. The first-order valence-corrected chi connectivity index (χ1v) is 10.7. The number of hydrogen-bond donors (Lipinski definition) is 2. The second kappa shape index (κ2) is 9.84. The van der Waals surface area contributed by atoms with E-state index < -0.39 is 0 Å². The largest absolute Gasteiger partial charge is 0.450 e. The molecule has 2 aromatic rings. The molecule has 9 nitrogen and oxygen atoms in total. The fourth-order valence-electron chi connectivity index (χ4n) is 3.05. The van der Waals surface area contributed by atoms with Crippen molar-refractivity contribution in [2.75, 3.05) is 19.7 Å². The van der Waals surface area contributed by atoms with Crippen LogP contribution in [0.2, 0.25) is 0 Å². The van der Waals surface area contributed by atoms with E-state index in [2.05, 4.69) is 20.8 Å². The first-order valence-electron chi connectivity index (χ1n) is 9.83. The Kier molecular flexibility index (Phi) is 7.21. The smallest absolute Gasteiger partial charge is 0.409 e. The summed E-state index contributed by atoms with van der Waals surface area (Å²) in [5, 5.41) is 12.7. The van der Waals surface area contributed by atoms with Crippen molar-refractivity contribution in [3.8, 4) is 10.7 Å². The van der Waals surface area contributed by atoms with E-state index in [1.54, 1.807) is 10.3 Å². The molecule has 0 unspecified atom stereocenters. The lowest BCUT2D eigenvalue weighted by atomic mass is 10.1. The molecule has 1 aliphatic heterocycles. The van der Waals surface area contributed by atoms with Crippen LogP contribution in [0.4, 0.5) is 4.79 Å². The number of thiazole rings is 1. The number of carbonyl (C=O) groups is 2. The normalized spacial score (nSPS) is 15.0. The van der Waals surface area contributed by atoms with Crippen molar-refractivity contribution in [3.63, 3.8) is 0 Å². The van der Waals surface area contributed by atoms with Crippen molar-refractivity contribution >= 4 is 23.3 Å². The van der Waals surface area contributed by atoms with Crippen LogP contribution < -0.4 is 10.6 Å². The summed E-state index contributed by atoms with van der Waals surface area (Å²) < 4.78 is 10.4. The topological polar surface area (TPSA) is 110 Å². The number of hydrogen-bond acceptors (Lipinski definition) is 8. The number of nitrogens with one attached hydrogen (secondary N) is 2. The summed E-state index contributed by atoms with van der Waals surface area (Å²) in [6.45, 7) is 7.92. The van der Waals surface area contributed by atoms with Gasteiger partial charge in [-0.3, -0.25) is 4.79 Å². The molecule has 0 spiro atoms. The van der Waals surface area contributed by atoms with Crippen molar-refractivity contribution in [3.05, 3.63) is 22.9 Å². The van der Waals surface area contributed by atoms with Gasteiger partial charge in [-0.15, -0.1) is 11.3 Å². The first-order chi connectivity index (χ1) is 14.0. The van der Waals surface area contributed by atoms with Crippen LogP contribution in [0.15, 0.2) is 16.0 Å². The summed E-state index contributed by atoms with van der Waals surface area (Å²) in [5.74, 6) is 0.512. The Hall–Kier alpha value is -2.46. The Morgan fingerprint density at radius 1 is 1.38 bits per heavy atom. The second-order valence-corrected chi connectivity index (χ2v) is 8.04. The van der Waals surface area contributed by atoms with Gasteiger partial charge >= 0.3 is 6.09 Å². The zero-order valence-electron chi connectivity index (χ0n) is 16.9. The Morgan fingerprint density at radius 2 is 2.14 bits per heavy atom. The minimum Gasteiger partial charge on any atom is -0.450 e. The Balaban J connectivity index is 1.48. The molecule has 29 heavy (non-hydrogen) atoms. The van der Waals surface area contributed by atoms with Crippen LogP contribution in [0.3, 0.4) is 0 Å². The number of rotatable bonds is 7. The number of likely N-dealkylation sites (tertiary alicyclic amines) is 1. The molecule has 2 N–H and O–H groups in total. The third-order valence-corrected chi connectivity index (χ3v) is 5.39. The van der Waals surface area contributed by atoms with Crippen LogP contribution >= 0.6 is 11.3 Å². The van der Waals surface area contributed by atoms with Crippen molar-refractivity contribution in [1.29, 1.82) is 0 Å². The van der Waals surface area contributed by atoms with E-state index in [-0.39, 0.29) is 18.0 Å². The molecule has 3 heterocycles. The number of carbonyl (C=O) groups excluding carboxylic acids is 2. The molecule has 158 valence electrons. The van der Waals surface area contributed by atoms with E-state index in [9.17, 15) is 9.59 Å². The van der Waals surface area contributed by atoms with E-state index >= 15 is 0 Å². The maximum Gasteiger partial charge on any atom is 0.409 e. The maximum atomic E-state index is 12.0. The van der Waals surface area contributed by atoms with Crippen LogP contribution in [-0.2, 0) is 11.3 Å². The van der Waals surface area contributed by atoms with Gasteiger partial charge in [-0.05, 0) is 33.6 Å². The highest BCUT2D eigenvalue weighted by Crippen LogP contribution is 2.23. The van der Waals surface area contributed by atoms with Gasteiger partial charge < -0.3 is 24.8 Å². The molecule has 0 bridgehead atoms. The minimum atomic E-state index is -0.240. The van der Waals surface area contributed by atoms with Gasteiger partial charge in [0, 0.05) is 36.6 Å². The van der Waals surface area contributed by atoms with Crippen LogP contribution in [0, 0.1) is 0 Å². The number of nitrogens with zero attached hydrogens (tertiary/aromatic N) is 3. The first kappa shape index (κ1) is 21.3. The highest BCUT2D eigenvalue weighted by Gasteiger charge is 2.23. The fraction of sp³-hybridized carbons (Fsp3) is 0.579. The lowest BCUT2D eigenvalue weighted by Crippen LogP contribution is -2.44. The second-order valence-electron chi connectivity index (χ2n) is 7.19. The lowest BCUT2D eigenvalue weighted by Gasteiger charge is -2.31. The molecule has 0 atom stereocenters.